The first-order valence-corrected chi connectivity index (χ1v) is 12.9. The van der Waals surface area contributed by atoms with Crippen molar-refractivity contribution in [3.63, 3.8) is 0 Å². The number of likely N-dealkylation sites (N-methyl/N-ethyl adjacent to an activating group) is 1. The smallest absolute Gasteiger partial charge is 0.243 e. The summed E-state index contributed by atoms with van der Waals surface area (Å²) in [7, 11) is -0.100. The third kappa shape index (κ3) is 4.36. The van der Waals surface area contributed by atoms with Gasteiger partial charge in [0.05, 0.1) is 12.0 Å². The molecule has 1 aliphatic heterocycles. The summed E-state index contributed by atoms with van der Waals surface area (Å²) in [5.74, 6) is 0.490. The molecule has 0 bridgehead atoms. The molecule has 1 saturated heterocycles. The number of benzene rings is 2. The van der Waals surface area contributed by atoms with Gasteiger partial charge in [0.2, 0.25) is 15.8 Å². The maximum absolute atomic E-state index is 13.9. The van der Waals surface area contributed by atoms with Gasteiger partial charge < -0.3 is 14.0 Å². The molecule has 0 aliphatic carbocycles. The van der Waals surface area contributed by atoms with Gasteiger partial charge in [0.1, 0.15) is 11.4 Å². The average Bonchev–Trinajstić information content (AvgIpc) is 3.28. The number of hydrogen-bond acceptors (Lipinski definition) is 5. The highest BCUT2D eigenvalue weighted by atomic mass is 32.2. The van der Waals surface area contributed by atoms with Crippen LogP contribution in [0.4, 0.5) is 0 Å². The molecule has 0 N–H and O–H groups in total. The van der Waals surface area contributed by atoms with Crippen molar-refractivity contribution >= 4 is 21.3 Å². The summed E-state index contributed by atoms with van der Waals surface area (Å²) in [6.07, 6.45) is 1.85. The summed E-state index contributed by atoms with van der Waals surface area (Å²) in [4.78, 5) is 16.1. The molecule has 0 unspecified atom stereocenters. The molecule has 0 radical (unpaired) electrons. The minimum Gasteiger partial charge on any atom is -0.497 e. The van der Waals surface area contributed by atoms with Gasteiger partial charge in [0, 0.05) is 49.0 Å². The van der Waals surface area contributed by atoms with Crippen molar-refractivity contribution in [1.29, 1.82) is 0 Å². The first kappa shape index (κ1) is 23.3. The molecule has 8 heteroatoms. The van der Waals surface area contributed by atoms with Crippen molar-refractivity contribution in [1.82, 2.24) is 13.6 Å². The molecule has 3 heterocycles. The van der Waals surface area contributed by atoms with Gasteiger partial charge in [0.25, 0.3) is 0 Å². The number of nitrogens with zero attached hydrogens (tertiary/aromatic N) is 3. The lowest BCUT2D eigenvalue weighted by Gasteiger charge is -2.31. The van der Waals surface area contributed by atoms with Crippen LogP contribution in [0, 0.1) is 0 Å². The molecule has 180 valence electrons. The minimum absolute atomic E-state index is 0.139. The zero-order valence-electron chi connectivity index (χ0n) is 19.7. The maximum Gasteiger partial charge on any atom is 0.243 e. The quantitative estimate of drug-likeness (QED) is 0.386. The zero-order valence-corrected chi connectivity index (χ0v) is 20.5. The van der Waals surface area contributed by atoms with Crippen LogP contribution in [-0.4, -0.2) is 68.1 Å². The van der Waals surface area contributed by atoms with E-state index in [-0.39, 0.29) is 10.7 Å². The van der Waals surface area contributed by atoms with Crippen LogP contribution in [0.2, 0.25) is 0 Å². The molecule has 1 fully saturated rings. The Morgan fingerprint density at radius 2 is 1.63 bits per heavy atom. The summed E-state index contributed by atoms with van der Waals surface area (Å²) in [6, 6.07) is 21.6. The number of carbonyl (C=O) groups excluding carboxylic acids is 1. The Hall–Kier alpha value is -3.46. The summed E-state index contributed by atoms with van der Waals surface area (Å²) in [5.41, 5.74) is 3.34. The number of piperazine rings is 1. The summed E-state index contributed by atoms with van der Waals surface area (Å²) in [6.45, 7) is 2.22. The fraction of sp³-hybridized carbons (Fsp3) is 0.222. The highest BCUT2D eigenvalue weighted by Crippen LogP contribution is 2.31. The fourth-order valence-electron chi connectivity index (χ4n) is 4.46. The first-order chi connectivity index (χ1) is 16.9. The summed E-state index contributed by atoms with van der Waals surface area (Å²) < 4.78 is 35.2. The molecule has 7 nitrogen and oxygen atoms in total. The number of hydrogen-bond donors (Lipinski definition) is 0. The molecule has 0 saturated carbocycles. The van der Waals surface area contributed by atoms with Crippen molar-refractivity contribution in [3.8, 4) is 16.9 Å². The highest BCUT2D eigenvalue weighted by Gasteiger charge is 2.29. The van der Waals surface area contributed by atoms with E-state index in [9.17, 15) is 13.2 Å². The number of methoxy groups -OCH3 is 1. The Balaban J connectivity index is 1.57. The number of ether oxygens (including phenoxy) is 1. The van der Waals surface area contributed by atoms with Crippen LogP contribution >= 0.6 is 0 Å². The largest absolute Gasteiger partial charge is 0.497 e. The molecule has 5 rings (SSSR count). The lowest BCUT2D eigenvalue weighted by atomic mass is 10.00. The molecule has 0 amide bonds. The molecular weight excluding hydrogens is 462 g/mol. The van der Waals surface area contributed by atoms with Gasteiger partial charge in [0.15, 0.2) is 0 Å². The molecule has 35 heavy (non-hydrogen) atoms. The number of fused-ring (bicyclic) bond motifs is 1. The summed E-state index contributed by atoms with van der Waals surface area (Å²) >= 11 is 0. The third-order valence-corrected chi connectivity index (χ3v) is 8.39. The number of aromatic nitrogens is 1. The van der Waals surface area contributed by atoms with Crippen molar-refractivity contribution < 1.29 is 17.9 Å². The minimum atomic E-state index is -3.69. The van der Waals surface area contributed by atoms with Crippen LogP contribution in [0.1, 0.15) is 16.1 Å². The third-order valence-electron chi connectivity index (χ3n) is 6.49. The standard InChI is InChI=1S/C27H27N3O4S/c1-28-14-16-29(17-15-28)35(32,33)24-8-5-6-21(18-24)27(31)26-25(19-22-7-3-4-13-30(22)26)20-9-11-23(34-2)12-10-20/h3-13,18-19H,14-17H2,1-2H3. The van der Waals surface area contributed by atoms with E-state index in [4.69, 9.17) is 4.74 Å². The van der Waals surface area contributed by atoms with Crippen molar-refractivity contribution in [2.75, 3.05) is 40.3 Å². The SMILES string of the molecule is COc1ccc(-c2cc3ccccn3c2C(=O)c2cccc(S(=O)(=O)N3CCN(C)CC3)c2)cc1. The van der Waals surface area contributed by atoms with Gasteiger partial charge in [-0.25, -0.2) is 8.42 Å². The second kappa shape index (κ2) is 9.30. The van der Waals surface area contributed by atoms with E-state index < -0.39 is 10.0 Å². The second-order valence-electron chi connectivity index (χ2n) is 8.69. The number of carbonyl (C=O) groups is 1. The molecule has 2 aromatic heterocycles. The molecular formula is C27H27N3O4S. The molecule has 1 aliphatic rings. The Morgan fingerprint density at radius 3 is 2.34 bits per heavy atom. The highest BCUT2D eigenvalue weighted by molar-refractivity contribution is 7.89. The normalized spacial score (nSPS) is 15.4. The van der Waals surface area contributed by atoms with Crippen LogP contribution in [0.3, 0.4) is 0 Å². The number of ketones is 1. The topological polar surface area (TPSA) is 71.3 Å². The monoisotopic (exact) mass is 489 g/mol. The molecule has 4 aromatic rings. The van der Waals surface area contributed by atoms with E-state index in [1.165, 1.54) is 10.4 Å². The zero-order chi connectivity index (χ0) is 24.6. The van der Waals surface area contributed by atoms with E-state index in [0.717, 1.165) is 22.4 Å². The number of sulfonamides is 1. The van der Waals surface area contributed by atoms with Crippen LogP contribution in [-0.2, 0) is 10.0 Å². The summed E-state index contributed by atoms with van der Waals surface area (Å²) in [5, 5.41) is 0. The van der Waals surface area contributed by atoms with E-state index in [1.54, 1.807) is 25.3 Å². The average molecular weight is 490 g/mol. The first-order valence-electron chi connectivity index (χ1n) is 11.5. The predicted molar refractivity (Wildman–Crippen MR) is 136 cm³/mol. The van der Waals surface area contributed by atoms with Gasteiger partial charge >= 0.3 is 0 Å². The van der Waals surface area contributed by atoms with Gasteiger partial charge in [-0.1, -0.05) is 30.3 Å². The van der Waals surface area contributed by atoms with Crippen molar-refractivity contribution in [2.45, 2.75) is 4.90 Å². The van der Waals surface area contributed by atoms with E-state index in [1.807, 2.05) is 66.2 Å². The van der Waals surface area contributed by atoms with E-state index >= 15 is 0 Å². The molecule has 0 spiro atoms. The van der Waals surface area contributed by atoms with Crippen LogP contribution in [0.5, 0.6) is 5.75 Å². The molecule has 0 atom stereocenters. The van der Waals surface area contributed by atoms with Crippen LogP contribution in [0.15, 0.2) is 83.9 Å². The Kier molecular flexibility index (Phi) is 6.19. The van der Waals surface area contributed by atoms with Crippen LogP contribution in [0.25, 0.3) is 16.6 Å². The second-order valence-corrected chi connectivity index (χ2v) is 10.6. The lowest BCUT2D eigenvalue weighted by molar-refractivity contribution is 0.103. The van der Waals surface area contributed by atoms with E-state index in [2.05, 4.69) is 4.90 Å². The Morgan fingerprint density at radius 1 is 0.886 bits per heavy atom. The Bertz CT molecular complexity index is 1480. The number of rotatable bonds is 6. The van der Waals surface area contributed by atoms with Gasteiger partial charge in [-0.05, 0) is 55.1 Å². The number of pyridine rings is 1. The lowest BCUT2D eigenvalue weighted by Crippen LogP contribution is -2.47. The Labute approximate surface area is 205 Å². The van der Waals surface area contributed by atoms with Crippen molar-refractivity contribution in [2.24, 2.45) is 0 Å². The fourth-order valence-corrected chi connectivity index (χ4v) is 5.93. The van der Waals surface area contributed by atoms with Crippen molar-refractivity contribution in [3.05, 3.63) is 90.3 Å². The van der Waals surface area contributed by atoms with Crippen LogP contribution < -0.4 is 4.74 Å². The maximum atomic E-state index is 13.9. The van der Waals surface area contributed by atoms with Gasteiger partial charge in [-0.2, -0.15) is 4.31 Å². The van der Waals surface area contributed by atoms with Gasteiger partial charge in [-0.15, -0.1) is 0 Å². The van der Waals surface area contributed by atoms with E-state index in [0.29, 0.717) is 37.4 Å². The predicted octanol–water partition coefficient (Wildman–Crippen LogP) is 3.78. The van der Waals surface area contributed by atoms with Gasteiger partial charge in [-0.3, -0.25) is 4.79 Å². The molecule has 2 aromatic carbocycles.